The maximum Gasteiger partial charge on any atom is 0.212 e. The van der Waals surface area contributed by atoms with Gasteiger partial charge in [-0.1, -0.05) is 11.1 Å². The minimum absolute atomic E-state index is 0.555. The molecule has 0 unspecified atom stereocenters. The zero-order valence-electron chi connectivity index (χ0n) is 15.8. The first-order chi connectivity index (χ1) is 14.3. The summed E-state index contributed by atoms with van der Waals surface area (Å²) in [7, 11) is 3.23. The van der Waals surface area contributed by atoms with E-state index in [2.05, 4.69) is 32.1 Å². The van der Waals surface area contributed by atoms with Crippen molar-refractivity contribution in [2.75, 3.05) is 14.2 Å². The summed E-state index contributed by atoms with van der Waals surface area (Å²) >= 11 is 0. The number of imidazole rings is 1. The van der Waals surface area contributed by atoms with Gasteiger partial charge in [0.25, 0.3) is 0 Å². The third kappa shape index (κ3) is 2.89. The fraction of sp³-hybridized carbons (Fsp3) is 0.143. The molecule has 1 aliphatic rings. The SMILES string of the molecule is COc1ccc2c(c1)-n1nncc1Cc1c(C#Cc3ccc(OC)nc3)ncn1-2. The highest BCUT2D eigenvalue weighted by Crippen LogP contribution is 2.31. The van der Waals surface area contributed by atoms with Crippen LogP contribution in [-0.4, -0.2) is 43.7 Å². The Kier molecular flexibility index (Phi) is 3.99. The number of benzene rings is 1. The van der Waals surface area contributed by atoms with Crippen molar-refractivity contribution in [2.24, 2.45) is 0 Å². The van der Waals surface area contributed by atoms with Gasteiger partial charge in [0, 0.05) is 30.3 Å². The number of pyridine rings is 1. The van der Waals surface area contributed by atoms with E-state index in [4.69, 9.17) is 9.47 Å². The summed E-state index contributed by atoms with van der Waals surface area (Å²) in [5, 5.41) is 8.34. The second-order valence-electron chi connectivity index (χ2n) is 6.42. The van der Waals surface area contributed by atoms with Crippen LogP contribution in [0.5, 0.6) is 11.6 Å². The average molecular weight is 384 g/mol. The van der Waals surface area contributed by atoms with Gasteiger partial charge in [0.2, 0.25) is 5.88 Å². The first-order valence-corrected chi connectivity index (χ1v) is 8.93. The Bertz CT molecular complexity index is 1260. The zero-order chi connectivity index (χ0) is 19.8. The molecule has 29 heavy (non-hydrogen) atoms. The Morgan fingerprint density at radius 1 is 0.966 bits per heavy atom. The molecule has 4 heterocycles. The van der Waals surface area contributed by atoms with E-state index < -0.39 is 0 Å². The molecule has 0 amide bonds. The van der Waals surface area contributed by atoms with Crippen molar-refractivity contribution in [3.8, 4) is 34.8 Å². The van der Waals surface area contributed by atoms with Crippen molar-refractivity contribution in [1.29, 1.82) is 0 Å². The molecule has 0 bridgehead atoms. The summed E-state index contributed by atoms with van der Waals surface area (Å²) < 4.78 is 14.3. The van der Waals surface area contributed by atoms with Crippen LogP contribution in [0, 0.1) is 11.8 Å². The Balaban J connectivity index is 1.61. The topological polar surface area (TPSA) is 79.9 Å². The molecule has 142 valence electrons. The number of aromatic nitrogens is 6. The van der Waals surface area contributed by atoms with Crippen LogP contribution in [0.1, 0.15) is 22.6 Å². The van der Waals surface area contributed by atoms with E-state index in [0.29, 0.717) is 18.0 Å². The molecule has 0 atom stereocenters. The molecule has 4 aromatic rings. The van der Waals surface area contributed by atoms with Crippen LogP contribution >= 0.6 is 0 Å². The third-order valence-corrected chi connectivity index (χ3v) is 4.78. The predicted octanol–water partition coefficient (Wildman–Crippen LogP) is 2.17. The van der Waals surface area contributed by atoms with Gasteiger partial charge in [0.1, 0.15) is 17.8 Å². The Labute approximate surface area is 166 Å². The lowest BCUT2D eigenvalue weighted by Crippen LogP contribution is -2.03. The summed E-state index contributed by atoms with van der Waals surface area (Å²) in [5.74, 6) is 7.61. The number of rotatable bonds is 2. The van der Waals surface area contributed by atoms with Crippen molar-refractivity contribution in [1.82, 2.24) is 29.5 Å². The van der Waals surface area contributed by atoms with Gasteiger partial charge in [0.05, 0.1) is 43.2 Å². The van der Waals surface area contributed by atoms with Gasteiger partial charge in [0.15, 0.2) is 0 Å². The normalized spacial score (nSPS) is 11.4. The van der Waals surface area contributed by atoms with Crippen molar-refractivity contribution >= 4 is 0 Å². The number of methoxy groups -OCH3 is 2. The maximum atomic E-state index is 5.39. The molecule has 1 aliphatic heterocycles. The molecule has 5 rings (SSSR count). The van der Waals surface area contributed by atoms with E-state index >= 15 is 0 Å². The lowest BCUT2D eigenvalue weighted by molar-refractivity contribution is 0.398. The standard InChI is InChI=1S/C21H16N6O2/c1-28-16-5-7-18-20(10-16)27-15(12-24-25-27)9-19-17(23-13-26(18)19)6-3-14-4-8-21(29-2)22-11-14/h4-5,7-8,10-13H,9H2,1-2H3. The van der Waals surface area contributed by atoms with E-state index in [1.807, 2.05) is 33.5 Å². The molecule has 0 fully saturated rings. The highest BCUT2D eigenvalue weighted by Gasteiger charge is 2.23. The van der Waals surface area contributed by atoms with Gasteiger partial charge in [-0.25, -0.2) is 14.6 Å². The van der Waals surface area contributed by atoms with E-state index in [9.17, 15) is 0 Å². The quantitative estimate of drug-likeness (QED) is 0.434. The summed E-state index contributed by atoms with van der Waals surface area (Å²) in [6.45, 7) is 0. The molecular formula is C21H16N6O2. The highest BCUT2D eigenvalue weighted by molar-refractivity contribution is 5.59. The molecule has 0 N–H and O–H groups in total. The van der Waals surface area contributed by atoms with Gasteiger partial charge in [-0.3, -0.25) is 4.57 Å². The first kappa shape index (κ1) is 17.0. The molecule has 0 spiro atoms. The van der Waals surface area contributed by atoms with Crippen LogP contribution in [-0.2, 0) is 6.42 Å². The van der Waals surface area contributed by atoms with Gasteiger partial charge in [-0.05, 0) is 24.1 Å². The number of ether oxygens (including phenoxy) is 2. The summed E-state index contributed by atoms with van der Waals surface area (Å²) in [4.78, 5) is 8.74. The number of fused-ring (bicyclic) bond motifs is 5. The molecule has 3 aromatic heterocycles. The maximum absolute atomic E-state index is 5.39. The fourth-order valence-electron chi connectivity index (χ4n) is 3.32. The molecule has 0 radical (unpaired) electrons. The lowest BCUT2D eigenvalue weighted by Gasteiger charge is -2.11. The molecule has 0 aliphatic carbocycles. The minimum Gasteiger partial charge on any atom is -0.497 e. The average Bonchev–Trinajstić information content (AvgIpc) is 3.37. The smallest absolute Gasteiger partial charge is 0.212 e. The number of hydrogen-bond acceptors (Lipinski definition) is 6. The van der Waals surface area contributed by atoms with Gasteiger partial charge in [-0.2, -0.15) is 0 Å². The van der Waals surface area contributed by atoms with Crippen molar-refractivity contribution in [3.63, 3.8) is 0 Å². The number of hydrogen-bond donors (Lipinski definition) is 0. The van der Waals surface area contributed by atoms with Crippen LogP contribution in [0.2, 0.25) is 0 Å². The van der Waals surface area contributed by atoms with Crippen LogP contribution in [0.4, 0.5) is 0 Å². The highest BCUT2D eigenvalue weighted by atomic mass is 16.5. The van der Waals surface area contributed by atoms with E-state index in [1.165, 1.54) is 0 Å². The molecular weight excluding hydrogens is 368 g/mol. The molecule has 1 aromatic carbocycles. The minimum atomic E-state index is 0.555. The van der Waals surface area contributed by atoms with Crippen molar-refractivity contribution in [2.45, 2.75) is 6.42 Å². The predicted molar refractivity (Wildman–Crippen MR) is 105 cm³/mol. The monoisotopic (exact) mass is 384 g/mol. The molecule has 8 nitrogen and oxygen atoms in total. The van der Waals surface area contributed by atoms with Crippen LogP contribution in [0.3, 0.4) is 0 Å². The van der Waals surface area contributed by atoms with E-state index in [0.717, 1.165) is 34.1 Å². The lowest BCUT2D eigenvalue weighted by atomic mass is 10.2. The second kappa shape index (κ2) is 6.80. The van der Waals surface area contributed by atoms with Crippen LogP contribution in [0.15, 0.2) is 49.1 Å². The number of nitrogens with zero attached hydrogens (tertiary/aromatic N) is 6. The Hall–Kier alpha value is -4.12. The fourth-order valence-corrected chi connectivity index (χ4v) is 3.32. The van der Waals surface area contributed by atoms with Gasteiger partial charge >= 0.3 is 0 Å². The third-order valence-electron chi connectivity index (χ3n) is 4.78. The van der Waals surface area contributed by atoms with Crippen LogP contribution < -0.4 is 9.47 Å². The molecule has 0 saturated heterocycles. The Morgan fingerprint density at radius 2 is 1.90 bits per heavy atom. The Morgan fingerprint density at radius 3 is 2.69 bits per heavy atom. The summed E-state index contributed by atoms with van der Waals surface area (Å²) in [6.07, 6.45) is 5.84. The second-order valence-corrected chi connectivity index (χ2v) is 6.42. The largest absolute Gasteiger partial charge is 0.497 e. The van der Waals surface area contributed by atoms with Gasteiger partial charge < -0.3 is 9.47 Å². The van der Waals surface area contributed by atoms with E-state index in [1.54, 1.807) is 39.0 Å². The molecule has 0 saturated carbocycles. The summed E-state index contributed by atoms with van der Waals surface area (Å²) in [6, 6.07) is 9.50. The van der Waals surface area contributed by atoms with Crippen LogP contribution in [0.25, 0.3) is 11.4 Å². The first-order valence-electron chi connectivity index (χ1n) is 8.93. The van der Waals surface area contributed by atoms with Crippen molar-refractivity contribution in [3.05, 3.63) is 71.7 Å². The zero-order valence-corrected chi connectivity index (χ0v) is 15.8. The van der Waals surface area contributed by atoms with Crippen molar-refractivity contribution < 1.29 is 9.47 Å². The molecule has 8 heteroatoms. The van der Waals surface area contributed by atoms with Gasteiger partial charge in [-0.15, -0.1) is 5.10 Å². The van der Waals surface area contributed by atoms with E-state index in [-0.39, 0.29) is 0 Å². The summed E-state index contributed by atoms with van der Waals surface area (Å²) in [5.41, 5.74) is 5.25.